The molecule has 1 saturated heterocycles. The molecular weight excluding hydrogens is 260 g/mol. The van der Waals surface area contributed by atoms with Gasteiger partial charge in [-0.05, 0) is 64.5 Å². The second-order valence-corrected chi connectivity index (χ2v) is 6.97. The van der Waals surface area contributed by atoms with Gasteiger partial charge in [-0.25, -0.2) is 0 Å². The number of rotatable bonds is 6. The molecule has 0 bridgehead atoms. The highest BCUT2D eigenvalue weighted by molar-refractivity contribution is 5.79. The highest BCUT2D eigenvalue weighted by atomic mass is 16.2. The molecule has 3 nitrogen and oxygen atoms in total. The number of amides is 1. The first kappa shape index (κ1) is 16.8. The van der Waals surface area contributed by atoms with Crippen molar-refractivity contribution in [1.29, 1.82) is 0 Å². The number of nitrogens with zero attached hydrogens (tertiary/aromatic N) is 1. The first-order chi connectivity index (χ1) is 10.3. The van der Waals surface area contributed by atoms with Gasteiger partial charge >= 0.3 is 0 Å². The van der Waals surface area contributed by atoms with Gasteiger partial charge < -0.3 is 10.2 Å². The fourth-order valence-corrected chi connectivity index (χ4v) is 4.14. The van der Waals surface area contributed by atoms with E-state index < -0.39 is 0 Å². The van der Waals surface area contributed by atoms with Crippen molar-refractivity contribution in [2.24, 2.45) is 11.8 Å². The third kappa shape index (κ3) is 4.70. The maximum atomic E-state index is 12.9. The minimum atomic E-state index is 0.317. The van der Waals surface area contributed by atoms with Gasteiger partial charge in [0.25, 0.3) is 0 Å². The van der Waals surface area contributed by atoms with E-state index in [0.717, 1.165) is 51.2 Å². The Bertz CT molecular complexity index is 304. The number of carbonyl (C=O) groups excluding carboxylic acids is 1. The predicted octanol–water partition coefficient (Wildman–Crippen LogP) is 3.58. The molecular formula is C18H34N2O. The summed E-state index contributed by atoms with van der Waals surface area (Å²) in [7, 11) is 0. The Balaban J connectivity index is 1.81. The molecule has 122 valence electrons. The van der Waals surface area contributed by atoms with Gasteiger partial charge in [-0.15, -0.1) is 0 Å². The number of hydrogen-bond acceptors (Lipinski definition) is 2. The molecule has 1 aliphatic heterocycles. The van der Waals surface area contributed by atoms with Crippen LogP contribution in [0.4, 0.5) is 0 Å². The fourth-order valence-electron chi connectivity index (χ4n) is 4.14. The Labute approximate surface area is 130 Å². The van der Waals surface area contributed by atoms with E-state index in [9.17, 15) is 4.79 Å². The van der Waals surface area contributed by atoms with E-state index in [1.165, 1.54) is 32.1 Å². The summed E-state index contributed by atoms with van der Waals surface area (Å²) >= 11 is 0. The predicted molar refractivity (Wildman–Crippen MR) is 88.3 cm³/mol. The molecule has 1 N–H and O–H groups in total. The van der Waals surface area contributed by atoms with E-state index >= 15 is 0 Å². The average molecular weight is 294 g/mol. The molecule has 3 heteroatoms. The van der Waals surface area contributed by atoms with Crippen LogP contribution in [-0.2, 0) is 4.79 Å². The first-order valence-corrected chi connectivity index (χ1v) is 9.27. The summed E-state index contributed by atoms with van der Waals surface area (Å²) in [5.74, 6) is 1.67. The smallest absolute Gasteiger partial charge is 0.225 e. The van der Waals surface area contributed by atoms with Crippen molar-refractivity contribution in [3.05, 3.63) is 0 Å². The number of carbonyl (C=O) groups is 1. The fraction of sp³-hybridized carbons (Fsp3) is 0.944. The van der Waals surface area contributed by atoms with Crippen molar-refractivity contribution in [1.82, 2.24) is 10.2 Å². The Morgan fingerprint density at radius 3 is 2.29 bits per heavy atom. The zero-order valence-electron chi connectivity index (χ0n) is 14.1. The number of unbranched alkanes of at least 4 members (excludes halogenated alkanes) is 1. The van der Waals surface area contributed by atoms with Gasteiger partial charge in [0, 0.05) is 18.5 Å². The zero-order chi connectivity index (χ0) is 15.1. The molecule has 0 aromatic heterocycles. The van der Waals surface area contributed by atoms with Gasteiger partial charge in [-0.3, -0.25) is 4.79 Å². The summed E-state index contributed by atoms with van der Waals surface area (Å²) < 4.78 is 0. The number of piperidine rings is 1. The Morgan fingerprint density at radius 2 is 1.71 bits per heavy atom. The van der Waals surface area contributed by atoms with Gasteiger partial charge in [-0.1, -0.05) is 26.2 Å². The second kappa shape index (κ2) is 8.77. The Morgan fingerprint density at radius 1 is 1.05 bits per heavy atom. The van der Waals surface area contributed by atoms with Crippen LogP contribution in [0.15, 0.2) is 0 Å². The van der Waals surface area contributed by atoms with Gasteiger partial charge in [0.15, 0.2) is 0 Å². The van der Waals surface area contributed by atoms with Crippen molar-refractivity contribution < 1.29 is 4.79 Å². The van der Waals surface area contributed by atoms with Crippen LogP contribution >= 0.6 is 0 Å². The molecule has 2 fully saturated rings. The van der Waals surface area contributed by atoms with Crippen LogP contribution < -0.4 is 5.32 Å². The van der Waals surface area contributed by atoms with Crippen LogP contribution in [0.25, 0.3) is 0 Å². The number of hydrogen-bond donors (Lipinski definition) is 1. The van der Waals surface area contributed by atoms with Crippen molar-refractivity contribution in [2.45, 2.75) is 77.7 Å². The summed E-state index contributed by atoms with van der Waals surface area (Å²) in [5.41, 5.74) is 0. The molecule has 0 spiro atoms. The molecule has 0 unspecified atom stereocenters. The monoisotopic (exact) mass is 294 g/mol. The molecule has 0 aromatic rings. The largest absolute Gasteiger partial charge is 0.340 e. The normalized spacial score (nSPS) is 27.5. The summed E-state index contributed by atoms with van der Waals surface area (Å²) in [6.45, 7) is 7.44. The van der Waals surface area contributed by atoms with Gasteiger partial charge in [0.05, 0.1) is 0 Å². The molecule has 0 atom stereocenters. The highest BCUT2D eigenvalue weighted by Gasteiger charge is 2.32. The van der Waals surface area contributed by atoms with Crippen LogP contribution in [-0.4, -0.2) is 36.5 Å². The van der Waals surface area contributed by atoms with Crippen LogP contribution in [0.3, 0.4) is 0 Å². The van der Waals surface area contributed by atoms with Crippen LogP contribution in [0.5, 0.6) is 0 Å². The molecule has 0 aromatic carbocycles. The van der Waals surface area contributed by atoms with Crippen molar-refractivity contribution in [3.63, 3.8) is 0 Å². The van der Waals surface area contributed by atoms with Crippen molar-refractivity contribution in [2.75, 3.05) is 19.6 Å². The SMILES string of the molecule is CCCCC1CCC(C(=O)N(CC)C2CCNCC2)CC1. The summed E-state index contributed by atoms with van der Waals surface area (Å²) in [5, 5.41) is 3.40. The minimum absolute atomic E-state index is 0.317. The molecule has 1 saturated carbocycles. The maximum Gasteiger partial charge on any atom is 0.225 e. The average Bonchev–Trinajstić information content (AvgIpc) is 2.55. The third-order valence-corrected chi connectivity index (χ3v) is 5.54. The summed E-state index contributed by atoms with van der Waals surface area (Å²) in [6, 6.07) is 0.488. The first-order valence-electron chi connectivity index (χ1n) is 9.27. The van der Waals surface area contributed by atoms with E-state index in [-0.39, 0.29) is 0 Å². The van der Waals surface area contributed by atoms with E-state index in [4.69, 9.17) is 0 Å². The van der Waals surface area contributed by atoms with Gasteiger partial charge in [0.2, 0.25) is 5.91 Å². The van der Waals surface area contributed by atoms with Gasteiger partial charge in [-0.2, -0.15) is 0 Å². The molecule has 0 radical (unpaired) electrons. The molecule has 2 rings (SSSR count). The van der Waals surface area contributed by atoms with Crippen LogP contribution in [0.1, 0.15) is 71.6 Å². The lowest BCUT2D eigenvalue weighted by Gasteiger charge is -2.38. The molecule has 21 heavy (non-hydrogen) atoms. The zero-order valence-corrected chi connectivity index (χ0v) is 14.1. The second-order valence-electron chi connectivity index (χ2n) is 6.97. The maximum absolute atomic E-state index is 12.9. The highest BCUT2D eigenvalue weighted by Crippen LogP contribution is 2.33. The lowest BCUT2D eigenvalue weighted by molar-refractivity contribution is -0.139. The topological polar surface area (TPSA) is 32.3 Å². The quantitative estimate of drug-likeness (QED) is 0.812. The molecule has 1 amide bonds. The molecule has 1 heterocycles. The Kier molecular flexibility index (Phi) is 7.01. The van der Waals surface area contributed by atoms with Crippen LogP contribution in [0, 0.1) is 11.8 Å². The molecule has 2 aliphatic rings. The third-order valence-electron chi connectivity index (χ3n) is 5.54. The standard InChI is InChI=1S/C18H34N2O/c1-3-5-6-15-7-9-16(10-8-15)18(21)20(4-2)17-11-13-19-14-12-17/h15-17,19H,3-14H2,1-2H3. The molecule has 1 aliphatic carbocycles. The van der Waals surface area contributed by atoms with Crippen LogP contribution in [0.2, 0.25) is 0 Å². The Hall–Kier alpha value is -0.570. The van der Waals surface area contributed by atoms with E-state index in [0.29, 0.717) is 17.9 Å². The van der Waals surface area contributed by atoms with E-state index in [2.05, 4.69) is 24.1 Å². The lowest BCUT2D eigenvalue weighted by atomic mass is 9.79. The van der Waals surface area contributed by atoms with Gasteiger partial charge in [0.1, 0.15) is 0 Å². The van der Waals surface area contributed by atoms with E-state index in [1.54, 1.807) is 0 Å². The minimum Gasteiger partial charge on any atom is -0.340 e. The van der Waals surface area contributed by atoms with Crippen molar-refractivity contribution >= 4 is 5.91 Å². The van der Waals surface area contributed by atoms with E-state index in [1.807, 2.05) is 0 Å². The lowest BCUT2D eigenvalue weighted by Crippen LogP contribution is -2.48. The number of nitrogens with one attached hydrogen (secondary N) is 1. The van der Waals surface area contributed by atoms with Crippen molar-refractivity contribution in [3.8, 4) is 0 Å². The summed E-state index contributed by atoms with van der Waals surface area (Å²) in [4.78, 5) is 15.0. The summed E-state index contributed by atoms with van der Waals surface area (Å²) in [6.07, 6.45) is 11.1.